The minimum Gasteiger partial charge on any atom is -0.381 e. The SMILES string of the molecule is CC1(n2c(=S)[nH]c3cc(I)c(F)cc32)CCOCC1. The molecule has 0 amide bonds. The average molecular weight is 392 g/mol. The van der Waals surface area contributed by atoms with Crippen molar-refractivity contribution >= 4 is 45.8 Å². The van der Waals surface area contributed by atoms with Gasteiger partial charge in [-0.05, 0) is 60.6 Å². The Bertz CT molecular complexity index is 688. The molecule has 1 aromatic heterocycles. The fraction of sp³-hybridized carbons (Fsp3) is 0.462. The zero-order valence-corrected chi connectivity index (χ0v) is 13.5. The summed E-state index contributed by atoms with van der Waals surface area (Å²) >= 11 is 7.43. The third kappa shape index (κ3) is 2.23. The van der Waals surface area contributed by atoms with Gasteiger partial charge >= 0.3 is 0 Å². The number of aromatic amines is 1. The van der Waals surface area contributed by atoms with E-state index in [4.69, 9.17) is 17.0 Å². The van der Waals surface area contributed by atoms with Gasteiger partial charge < -0.3 is 14.3 Å². The molecule has 3 nitrogen and oxygen atoms in total. The van der Waals surface area contributed by atoms with E-state index in [1.165, 1.54) is 0 Å². The molecule has 0 atom stereocenters. The topological polar surface area (TPSA) is 29.9 Å². The van der Waals surface area contributed by atoms with Gasteiger partial charge in [-0.25, -0.2) is 4.39 Å². The smallest absolute Gasteiger partial charge is 0.178 e. The second-order valence-corrected chi connectivity index (χ2v) is 6.71. The highest BCUT2D eigenvalue weighted by molar-refractivity contribution is 14.1. The van der Waals surface area contributed by atoms with E-state index in [-0.39, 0.29) is 11.4 Å². The van der Waals surface area contributed by atoms with Crippen molar-refractivity contribution < 1.29 is 9.13 Å². The molecule has 0 bridgehead atoms. The molecule has 0 spiro atoms. The number of halogens is 2. The van der Waals surface area contributed by atoms with Crippen molar-refractivity contribution in [3.63, 3.8) is 0 Å². The maximum atomic E-state index is 13.8. The van der Waals surface area contributed by atoms with Crippen molar-refractivity contribution in [2.45, 2.75) is 25.3 Å². The molecule has 0 radical (unpaired) electrons. The quantitative estimate of drug-likeness (QED) is 0.588. The molecule has 0 aliphatic carbocycles. The first-order valence-corrected chi connectivity index (χ1v) is 7.68. The van der Waals surface area contributed by atoms with Crippen molar-refractivity contribution in [1.82, 2.24) is 9.55 Å². The first-order chi connectivity index (χ1) is 9.01. The second kappa shape index (κ2) is 4.82. The van der Waals surface area contributed by atoms with Gasteiger partial charge in [0.1, 0.15) is 5.82 Å². The third-order valence-electron chi connectivity index (χ3n) is 3.83. The van der Waals surface area contributed by atoms with Crippen LogP contribution < -0.4 is 0 Å². The number of aromatic nitrogens is 2. The summed E-state index contributed by atoms with van der Waals surface area (Å²) in [5.74, 6) is -0.202. The number of benzene rings is 1. The summed E-state index contributed by atoms with van der Waals surface area (Å²) in [6.45, 7) is 3.60. The van der Waals surface area contributed by atoms with Gasteiger partial charge in [-0.3, -0.25) is 0 Å². The minimum atomic E-state index is -0.202. The van der Waals surface area contributed by atoms with E-state index < -0.39 is 0 Å². The van der Waals surface area contributed by atoms with E-state index in [0.717, 1.165) is 37.1 Å². The number of ether oxygens (including phenoxy) is 1. The second-order valence-electron chi connectivity index (χ2n) is 5.16. The van der Waals surface area contributed by atoms with Crippen LogP contribution in [0.15, 0.2) is 12.1 Å². The Morgan fingerprint density at radius 2 is 2.11 bits per heavy atom. The minimum absolute atomic E-state index is 0.104. The van der Waals surface area contributed by atoms with Gasteiger partial charge in [0.25, 0.3) is 0 Å². The molecular formula is C13H14FIN2OS. The summed E-state index contributed by atoms with van der Waals surface area (Å²) in [6, 6.07) is 3.38. The lowest BCUT2D eigenvalue weighted by molar-refractivity contribution is 0.0306. The number of nitrogens with zero attached hydrogens (tertiary/aromatic N) is 1. The van der Waals surface area contributed by atoms with E-state index in [1.807, 2.05) is 22.6 Å². The predicted molar refractivity (Wildman–Crippen MR) is 83.5 cm³/mol. The number of nitrogens with one attached hydrogen (secondary N) is 1. The predicted octanol–water partition coefficient (Wildman–Crippen LogP) is 3.97. The van der Waals surface area contributed by atoms with Crippen molar-refractivity contribution in [2.24, 2.45) is 0 Å². The molecule has 19 heavy (non-hydrogen) atoms. The lowest BCUT2D eigenvalue weighted by Gasteiger charge is -2.35. The Hall–Kier alpha value is -0.470. The van der Waals surface area contributed by atoms with Crippen LogP contribution in [0.2, 0.25) is 0 Å². The molecule has 1 aliphatic heterocycles. The average Bonchev–Trinajstić information content (AvgIpc) is 2.67. The van der Waals surface area contributed by atoms with Gasteiger partial charge in [0, 0.05) is 24.8 Å². The van der Waals surface area contributed by atoms with E-state index >= 15 is 0 Å². The fourth-order valence-electron chi connectivity index (χ4n) is 2.67. The van der Waals surface area contributed by atoms with Crippen LogP contribution in [0.25, 0.3) is 11.0 Å². The molecule has 3 rings (SSSR count). The molecule has 0 unspecified atom stereocenters. The van der Waals surface area contributed by atoms with Crippen LogP contribution in [0.1, 0.15) is 19.8 Å². The molecule has 1 fully saturated rings. The Morgan fingerprint density at radius 1 is 1.42 bits per heavy atom. The Balaban J connectivity index is 2.25. The summed E-state index contributed by atoms with van der Waals surface area (Å²) in [5, 5.41) is 0. The Morgan fingerprint density at radius 3 is 2.79 bits per heavy atom. The molecule has 1 aromatic carbocycles. The molecule has 0 saturated carbocycles. The van der Waals surface area contributed by atoms with E-state index in [1.54, 1.807) is 12.1 Å². The molecular weight excluding hydrogens is 378 g/mol. The fourth-order valence-corrected chi connectivity index (χ4v) is 3.57. The van der Waals surface area contributed by atoms with Crippen LogP contribution in [0.3, 0.4) is 0 Å². The number of hydrogen-bond donors (Lipinski definition) is 1. The van der Waals surface area contributed by atoms with Crippen LogP contribution in [0.5, 0.6) is 0 Å². The zero-order chi connectivity index (χ0) is 13.6. The summed E-state index contributed by atoms with van der Waals surface area (Å²) < 4.78 is 22.6. The molecule has 1 aliphatic rings. The first-order valence-electron chi connectivity index (χ1n) is 6.19. The van der Waals surface area contributed by atoms with Crippen molar-refractivity contribution in [3.05, 3.63) is 26.3 Å². The van der Waals surface area contributed by atoms with Gasteiger partial charge in [-0.15, -0.1) is 0 Å². The Labute approximate surface area is 129 Å². The third-order valence-corrected chi connectivity index (χ3v) is 4.95. The highest BCUT2D eigenvalue weighted by Crippen LogP contribution is 2.33. The first kappa shape index (κ1) is 13.5. The number of hydrogen-bond acceptors (Lipinski definition) is 2. The molecule has 1 N–H and O–H groups in total. The lowest BCUT2D eigenvalue weighted by Crippen LogP contribution is -2.36. The van der Waals surface area contributed by atoms with E-state index in [2.05, 4.69) is 16.5 Å². The van der Waals surface area contributed by atoms with Gasteiger partial charge in [-0.1, -0.05) is 0 Å². The van der Waals surface area contributed by atoms with Crippen LogP contribution in [0, 0.1) is 14.2 Å². The molecule has 6 heteroatoms. The number of imidazole rings is 1. The monoisotopic (exact) mass is 392 g/mol. The summed E-state index contributed by atoms with van der Waals surface area (Å²) in [5.41, 5.74) is 1.63. The van der Waals surface area contributed by atoms with Crippen molar-refractivity contribution in [2.75, 3.05) is 13.2 Å². The molecule has 2 heterocycles. The standard InChI is InChI=1S/C13H14FIN2OS/c1-13(2-4-18-5-3-13)17-11-6-8(14)9(15)7-10(11)16-12(17)19/h6-7H,2-5H2,1H3,(H,16,19). The van der Waals surface area contributed by atoms with E-state index in [9.17, 15) is 4.39 Å². The van der Waals surface area contributed by atoms with Gasteiger partial charge in [0.2, 0.25) is 0 Å². The number of fused-ring (bicyclic) bond motifs is 1. The Kier molecular flexibility index (Phi) is 3.43. The number of H-pyrrole nitrogens is 1. The van der Waals surface area contributed by atoms with Gasteiger partial charge in [-0.2, -0.15) is 0 Å². The van der Waals surface area contributed by atoms with Crippen LogP contribution in [0.4, 0.5) is 4.39 Å². The van der Waals surface area contributed by atoms with Gasteiger partial charge in [0.05, 0.1) is 14.6 Å². The van der Waals surface area contributed by atoms with Crippen LogP contribution in [-0.4, -0.2) is 22.8 Å². The maximum absolute atomic E-state index is 13.8. The highest BCUT2D eigenvalue weighted by atomic mass is 127. The summed E-state index contributed by atoms with van der Waals surface area (Å²) in [6.07, 6.45) is 1.78. The van der Waals surface area contributed by atoms with Gasteiger partial charge in [0.15, 0.2) is 4.77 Å². The highest BCUT2D eigenvalue weighted by Gasteiger charge is 2.31. The summed E-state index contributed by atoms with van der Waals surface area (Å²) in [4.78, 5) is 3.18. The molecule has 2 aromatic rings. The van der Waals surface area contributed by atoms with Crippen molar-refractivity contribution in [3.8, 4) is 0 Å². The largest absolute Gasteiger partial charge is 0.381 e. The molecule has 1 saturated heterocycles. The zero-order valence-electron chi connectivity index (χ0n) is 10.5. The summed E-state index contributed by atoms with van der Waals surface area (Å²) in [7, 11) is 0. The molecule has 102 valence electrons. The number of rotatable bonds is 1. The van der Waals surface area contributed by atoms with Crippen molar-refractivity contribution in [1.29, 1.82) is 0 Å². The normalized spacial score (nSPS) is 18.9. The van der Waals surface area contributed by atoms with Crippen LogP contribution in [-0.2, 0) is 10.3 Å². The lowest BCUT2D eigenvalue weighted by atomic mass is 9.92. The van der Waals surface area contributed by atoms with Crippen LogP contribution >= 0.6 is 34.8 Å². The maximum Gasteiger partial charge on any atom is 0.178 e. The van der Waals surface area contributed by atoms with E-state index in [0.29, 0.717) is 8.34 Å².